The van der Waals surface area contributed by atoms with Crippen molar-refractivity contribution >= 4 is 19.6 Å². The minimum atomic E-state index is -0.286. The zero-order chi connectivity index (χ0) is 26.2. The fourth-order valence-electron chi connectivity index (χ4n) is 5.03. The molecule has 0 heterocycles. The average Bonchev–Trinajstić information content (AvgIpc) is 3.49. The second-order valence-corrected chi connectivity index (χ2v) is 13.4. The predicted molar refractivity (Wildman–Crippen MR) is 169 cm³/mol. The zero-order valence-electron chi connectivity index (χ0n) is 25.8. The van der Waals surface area contributed by atoms with Crippen LogP contribution in [-0.4, -0.2) is 8.80 Å². The van der Waals surface area contributed by atoms with Gasteiger partial charge in [-0.15, -0.1) is 12.0 Å². The predicted octanol–water partition coefficient (Wildman–Crippen LogP) is 2.12. The van der Waals surface area contributed by atoms with Crippen molar-refractivity contribution < 1.29 is 58.9 Å². The Hall–Kier alpha value is -0.279. The van der Waals surface area contributed by atoms with Gasteiger partial charge in [-0.25, -0.2) is 6.08 Å². The van der Waals surface area contributed by atoms with Crippen LogP contribution < -0.4 is 42.4 Å². The van der Waals surface area contributed by atoms with E-state index in [1.165, 1.54) is 120 Å². The molecule has 0 saturated carbocycles. The molecule has 227 valence electrons. The van der Waals surface area contributed by atoms with Crippen molar-refractivity contribution in [3.05, 3.63) is 84.5 Å². The van der Waals surface area contributed by atoms with Gasteiger partial charge in [-0.3, -0.25) is 6.08 Å². The Morgan fingerprint density at radius 3 is 1.41 bits per heavy atom. The molecule has 5 heteroatoms. The first-order chi connectivity index (χ1) is 18.3. The summed E-state index contributed by atoms with van der Waals surface area (Å²) in [6.07, 6.45) is 31.7. The van der Waals surface area contributed by atoms with E-state index in [4.69, 9.17) is 0 Å². The van der Waals surface area contributed by atoms with Gasteiger partial charge in [-0.1, -0.05) is 188 Å². The molecule has 1 aliphatic carbocycles. The van der Waals surface area contributed by atoms with E-state index in [0.29, 0.717) is 0 Å². The first-order valence-electron chi connectivity index (χ1n) is 15.5. The maximum Gasteiger partial charge on any atom is 4.00 e. The summed E-state index contributed by atoms with van der Waals surface area (Å²) >= 11 is 0. The molecule has 0 aromatic heterocycles. The van der Waals surface area contributed by atoms with Gasteiger partial charge in [-0.2, -0.15) is 11.6 Å². The zero-order valence-corrected chi connectivity index (χ0v) is 30.6. The first-order valence-corrected chi connectivity index (χ1v) is 17.7. The molecule has 1 aliphatic rings. The van der Waals surface area contributed by atoms with E-state index in [1.54, 1.807) is 5.19 Å². The molecule has 0 aliphatic heterocycles. The molecule has 3 rings (SSSR count). The monoisotopic (exact) mass is 667 g/mol. The molecule has 2 aromatic rings. The van der Waals surface area contributed by atoms with Crippen molar-refractivity contribution in [3.63, 3.8) is 0 Å². The SMILES string of the molecule is CCCCCCCCCCCCCCCCCC[Si](C)c1ccccc1.[C-]1=CC(c2ccccc2)=CC1.[Cl-].[Cl-].[Cl-].[Ti+4]. The summed E-state index contributed by atoms with van der Waals surface area (Å²) in [4.78, 5) is 0. The molecule has 0 bridgehead atoms. The third-order valence-electron chi connectivity index (χ3n) is 7.48. The molecule has 0 unspecified atom stereocenters. The topological polar surface area (TPSA) is 0 Å². The molecule has 1 radical (unpaired) electrons. The molecule has 0 nitrogen and oxygen atoms in total. The summed E-state index contributed by atoms with van der Waals surface area (Å²) < 4.78 is 0. The summed E-state index contributed by atoms with van der Waals surface area (Å²) in [6, 6.07) is 23.0. The van der Waals surface area contributed by atoms with Crippen LogP contribution in [0.1, 0.15) is 122 Å². The van der Waals surface area contributed by atoms with Crippen LogP contribution in [-0.2, 0) is 21.7 Å². The molecule has 0 amide bonds. The molecule has 0 saturated heterocycles. The summed E-state index contributed by atoms with van der Waals surface area (Å²) in [6.45, 7) is 4.78. The third kappa shape index (κ3) is 23.8. The molecule has 41 heavy (non-hydrogen) atoms. The first kappa shape index (κ1) is 45.2. The van der Waals surface area contributed by atoms with Crippen LogP contribution in [0.15, 0.2) is 72.8 Å². The molecule has 0 spiro atoms. The molecule has 0 fully saturated rings. The maximum atomic E-state index is 3.15. The van der Waals surface area contributed by atoms with E-state index in [-0.39, 0.29) is 67.7 Å². The molecule has 0 atom stereocenters. The van der Waals surface area contributed by atoms with Gasteiger partial charge in [0.05, 0.1) is 8.80 Å². The van der Waals surface area contributed by atoms with Crippen LogP contribution in [0.25, 0.3) is 5.57 Å². The minimum Gasteiger partial charge on any atom is -1.00 e. The van der Waals surface area contributed by atoms with Crippen molar-refractivity contribution in [2.24, 2.45) is 0 Å². The van der Waals surface area contributed by atoms with E-state index in [0.717, 1.165) is 6.42 Å². The Morgan fingerprint density at radius 1 is 0.585 bits per heavy atom. The fraction of sp³-hybridized carbons (Fsp3) is 0.556. The third-order valence-corrected chi connectivity index (χ3v) is 9.90. The molecule has 2 aromatic carbocycles. The van der Waals surface area contributed by atoms with Crippen LogP contribution in [0.5, 0.6) is 0 Å². The minimum absolute atomic E-state index is 0. The maximum absolute atomic E-state index is 3.15. The molecular formula is C36H54Cl3SiTi. The normalized spacial score (nSPS) is 11.2. The Bertz CT molecular complexity index is 842. The van der Waals surface area contributed by atoms with Gasteiger partial charge in [-0.05, 0) is 0 Å². The largest absolute Gasteiger partial charge is 4.00 e. The van der Waals surface area contributed by atoms with Gasteiger partial charge < -0.3 is 37.2 Å². The number of allylic oxidation sites excluding steroid dienone is 4. The van der Waals surface area contributed by atoms with Crippen LogP contribution in [0.4, 0.5) is 0 Å². The summed E-state index contributed by atoms with van der Waals surface area (Å²) in [5, 5.41) is 1.61. The van der Waals surface area contributed by atoms with Gasteiger partial charge in [0.15, 0.2) is 0 Å². The summed E-state index contributed by atoms with van der Waals surface area (Å²) in [7, 11) is -0.286. The second-order valence-electron chi connectivity index (χ2n) is 10.8. The van der Waals surface area contributed by atoms with Crippen LogP contribution >= 0.6 is 0 Å². The van der Waals surface area contributed by atoms with E-state index in [2.05, 4.69) is 86.3 Å². The average molecular weight is 669 g/mol. The Kier molecular flexibility index (Phi) is 35.9. The van der Waals surface area contributed by atoms with Gasteiger partial charge in [0.2, 0.25) is 0 Å². The van der Waals surface area contributed by atoms with Crippen LogP contribution in [0.3, 0.4) is 0 Å². The molecule has 0 N–H and O–H groups in total. The van der Waals surface area contributed by atoms with E-state index in [9.17, 15) is 0 Å². The number of halogens is 3. The van der Waals surface area contributed by atoms with Gasteiger partial charge >= 0.3 is 21.7 Å². The number of hydrogen-bond donors (Lipinski definition) is 0. The Labute approximate surface area is 289 Å². The van der Waals surface area contributed by atoms with Gasteiger partial charge in [0, 0.05) is 0 Å². The van der Waals surface area contributed by atoms with E-state index < -0.39 is 0 Å². The number of benzene rings is 2. The molecular weight excluding hydrogens is 615 g/mol. The number of hydrogen-bond acceptors (Lipinski definition) is 0. The number of rotatable bonds is 19. The van der Waals surface area contributed by atoms with Crippen molar-refractivity contribution in [3.8, 4) is 0 Å². The van der Waals surface area contributed by atoms with E-state index >= 15 is 0 Å². The number of unbranched alkanes of at least 4 members (excludes halogenated alkanes) is 15. The smallest absolute Gasteiger partial charge is 1.00 e. The summed E-state index contributed by atoms with van der Waals surface area (Å²) in [5.41, 5.74) is 2.59. The van der Waals surface area contributed by atoms with Crippen molar-refractivity contribution in [2.75, 3.05) is 0 Å². The van der Waals surface area contributed by atoms with Crippen molar-refractivity contribution in [1.82, 2.24) is 0 Å². The standard InChI is InChI=1S/C25H45Si.C11H9.3ClH.Ti/c1-3-4-5-6-7-8-9-10-11-12-13-14-15-16-17-21-24-26(2)25-22-19-18-20-23-25;1-2-6-10(7-3-1)11-8-4-5-9-11;;;;/h18-20,22-23H,3-17,21,24H2,1-2H3;1-3,6-9H,4H2;3*1H;/q;-1;;;;+4/p-3. The fourth-order valence-corrected chi connectivity index (χ4v) is 6.86. The Morgan fingerprint density at radius 2 is 1.00 bits per heavy atom. The van der Waals surface area contributed by atoms with Crippen molar-refractivity contribution in [2.45, 2.75) is 129 Å². The second kappa shape index (κ2) is 32.6. The van der Waals surface area contributed by atoms with Gasteiger partial charge in [0.25, 0.3) is 0 Å². The van der Waals surface area contributed by atoms with Crippen LogP contribution in [0, 0.1) is 6.08 Å². The summed E-state index contributed by atoms with van der Waals surface area (Å²) in [5.74, 6) is 0. The van der Waals surface area contributed by atoms with Gasteiger partial charge in [0.1, 0.15) is 0 Å². The van der Waals surface area contributed by atoms with Crippen molar-refractivity contribution in [1.29, 1.82) is 0 Å². The quantitative estimate of drug-likeness (QED) is 0.122. The Balaban J connectivity index is -0.000000811. The van der Waals surface area contributed by atoms with E-state index in [1.807, 2.05) is 6.07 Å². The van der Waals surface area contributed by atoms with Crippen LogP contribution in [0.2, 0.25) is 12.6 Å².